The summed E-state index contributed by atoms with van der Waals surface area (Å²) in [6, 6.07) is 12.3. The van der Waals surface area contributed by atoms with E-state index in [1.54, 1.807) is 6.08 Å². The van der Waals surface area contributed by atoms with Crippen LogP contribution in [0, 0.1) is 0 Å². The fraction of sp³-hybridized carbons (Fsp3) is 0.321. The molecule has 5 rings (SSSR count). The average Bonchev–Trinajstić information content (AvgIpc) is 3.07. The van der Waals surface area contributed by atoms with Gasteiger partial charge in [0, 0.05) is 44.8 Å². The smallest absolute Gasteiger partial charge is 0.209 e. The molecule has 1 atom stereocenters. The number of likely N-dealkylation sites (N-methyl/N-ethyl adjacent to an activating group) is 1. The molecule has 174 valence electrons. The molecule has 2 aliphatic rings. The zero-order chi connectivity index (χ0) is 24.7. The van der Waals surface area contributed by atoms with E-state index in [2.05, 4.69) is 93.3 Å². The van der Waals surface area contributed by atoms with E-state index in [4.69, 9.17) is 0 Å². The van der Waals surface area contributed by atoms with Gasteiger partial charge in [0.05, 0.1) is 21.9 Å². The maximum atomic E-state index is 13.2. The summed E-state index contributed by atoms with van der Waals surface area (Å²) in [6.45, 7) is 8.58. The predicted octanol–water partition coefficient (Wildman–Crippen LogP) is 3.87. The van der Waals surface area contributed by atoms with Crippen molar-refractivity contribution >= 4 is 61.1 Å². The number of benzene rings is 2. The van der Waals surface area contributed by atoms with Crippen LogP contribution in [-0.2, 0) is 10.8 Å². The first-order chi connectivity index (χ1) is 15.9. The molecule has 3 aromatic carbocycles. The highest BCUT2D eigenvalue weighted by Crippen LogP contribution is 2.46. The Morgan fingerprint density at radius 3 is 2.15 bits per heavy atom. The molecule has 0 aromatic heterocycles. The van der Waals surface area contributed by atoms with Crippen LogP contribution in [0.4, 0.5) is 11.4 Å². The summed E-state index contributed by atoms with van der Waals surface area (Å²) >= 11 is 7.13. The van der Waals surface area contributed by atoms with Crippen molar-refractivity contribution in [1.29, 1.82) is 0 Å². The second kappa shape index (κ2) is 7.59. The summed E-state index contributed by atoms with van der Waals surface area (Å²) < 4.78 is 4.12. The second-order valence-corrected chi connectivity index (χ2v) is 12.3. The molecule has 0 saturated heterocycles. The molecule has 0 N–H and O–H groups in total. The molecule has 6 heteroatoms. The first kappa shape index (κ1) is 23.4. The highest BCUT2D eigenvalue weighted by atomic mass is 79.9. The number of nitrogens with zero attached hydrogens (tertiary/aromatic N) is 2. The molecule has 3 aromatic rings. The SMILES string of the molecule is CN1c2ccc(Br)cc2C(C)(C)C1C=c1c(=O)c(=CC2=[N+](C)c3ccc(Br)cc3C2(C)C)c1=O. The van der Waals surface area contributed by atoms with E-state index in [-0.39, 0.29) is 32.9 Å². The molecule has 0 fully saturated rings. The minimum absolute atomic E-state index is 0.0823. The number of halogens is 2. The van der Waals surface area contributed by atoms with Gasteiger partial charge in [-0.25, -0.2) is 0 Å². The molecule has 0 bridgehead atoms. The van der Waals surface area contributed by atoms with E-state index in [9.17, 15) is 9.59 Å². The largest absolute Gasteiger partial charge is 0.367 e. The van der Waals surface area contributed by atoms with Crippen LogP contribution >= 0.6 is 31.9 Å². The fourth-order valence-electron chi connectivity index (χ4n) is 5.72. The van der Waals surface area contributed by atoms with Gasteiger partial charge in [-0.15, -0.1) is 0 Å². The standard InChI is InChI=1S/C28H27Br2N2O2/c1-27(2)19-11-15(29)7-9-21(19)31(5)23(27)13-17-25(33)18(26(17)34)14-24-28(3,4)20-12-16(30)8-10-22(20)32(24)6/h7-14,23H,1-6H3/q+1. The number of hydrogen-bond acceptors (Lipinski definition) is 3. The zero-order valence-corrected chi connectivity index (χ0v) is 23.3. The summed E-state index contributed by atoms with van der Waals surface area (Å²) in [6.07, 6.45) is 3.67. The van der Waals surface area contributed by atoms with Gasteiger partial charge in [0.1, 0.15) is 7.05 Å². The predicted molar refractivity (Wildman–Crippen MR) is 147 cm³/mol. The average molecular weight is 583 g/mol. The lowest BCUT2D eigenvalue weighted by atomic mass is 9.79. The zero-order valence-electron chi connectivity index (χ0n) is 20.2. The minimum atomic E-state index is -0.316. The molecular weight excluding hydrogens is 556 g/mol. The fourth-order valence-corrected chi connectivity index (χ4v) is 6.44. The maximum Gasteiger partial charge on any atom is 0.209 e. The van der Waals surface area contributed by atoms with Crippen LogP contribution in [0.5, 0.6) is 0 Å². The van der Waals surface area contributed by atoms with Gasteiger partial charge in [-0.3, -0.25) is 9.59 Å². The van der Waals surface area contributed by atoms with Gasteiger partial charge in [-0.2, -0.15) is 4.58 Å². The monoisotopic (exact) mass is 581 g/mol. The maximum absolute atomic E-state index is 13.2. The van der Waals surface area contributed by atoms with Crippen molar-refractivity contribution in [1.82, 2.24) is 0 Å². The molecule has 0 spiro atoms. The molecule has 1 unspecified atom stereocenters. The topological polar surface area (TPSA) is 40.4 Å². The third kappa shape index (κ3) is 3.18. The first-order valence-corrected chi connectivity index (χ1v) is 12.9. The molecular formula is C28H27Br2N2O2+. The van der Waals surface area contributed by atoms with Crippen LogP contribution in [0.25, 0.3) is 12.2 Å². The summed E-state index contributed by atoms with van der Waals surface area (Å²) in [5.74, 6) is 0. The highest BCUT2D eigenvalue weighted by Gasteiger charge is 2.44. The van der Waals surface area contributed by atoms with E-state index >= 15 is 0 Å². The van der Waals surface area contributed by atoms with Gasteiger partial charge in [-0.1, -0.05) is 45.7 Å². The number of rotatable bonds is 2. The Morgan fingerprint density at radius 1 is 0.912 bits per heavy atom. The highest BCUT2D eigenvalue weighted by molar-refractivity contribution is 9.10. The van der Waals surface area contributed by atoms with E-state index in [0.717, 1.165) is 26.0 Å². The van der Waals surface area contributed by atoms with Gasteiger partial charge < -0.3 is 4.90 Å². The van der Waals surface area contributed by atoms with Crippen LogP contribution in [0.15, 0.2) is 54.9 Å². The molecule has 0 saturated carbocycles. The van der Waals surface area contributed by atoms with Gasteiger partial charge in [0.25, 0.3) is 0 Å². The van der Waals surface area contributed by atoms with Crippen molar-refractivity contribution in [3.05, 3.63) is 87.4 Å². The Labute approximate surface area is 215 Å². The summed E-state index contributed by atoms with van der Waals surface area (Å²) in [5, 5.41) is 0.564. The Hall–Kier alpha value is -2.31. The second-order valence-electron chi connectivity index (χ2n) is 10.5. The third-order valence-corrected chi connectivity index (χ3v) is 8.76. The molecule has 0 amide bonds. The molecule has 2 aliphatic heterocycles. The van der Waals surface area contributed by atoms with Crippen LogP contribution in [-0.4, -0.2) is 30.4 Å². The van der Waals surface area contributed by atoms with Crippen molar-refractivity contribution in [3.8, 4) is 0 Å². The van der Waals surface area contributed by atoms with Gasteiger partial charge in [-0.05, 0) is 55.8 Å². The summed E-state index contributed by atoms with van der Waals surface area (Å²) in [7, 11) is 4.01. The Morgan fingerprint density at radius 2 is 1.50 bits per heavy atom. The van der Waals surface area contributed by atoms with E-state index in [0.29, 0.717) is 5.22 Å². The van der Waals surface area contributed by atoms with Gasteiger partial charge >= 0.3 is 0 Å². The van der Waals surface area contributed by atoms with Crippen LogP contribution in [0.3, 0.4) is 0 Å². The normalized spacial score (nSPS) is 20.0. The number of anilines is 1. The van der Waals surface area contributed by atoms with E-state index in [1.165, 1.54) is 11.1 Å². The van der Waals surface area contributed by atoms with Crippen molar-refractivity contribution in [2.24, 2.45) is 0 Å². The summed E-state index contributed by atoms with van der Waals surface area (Å²) in [5.41, 5.74) is 4.65. The van der Waals surface area contributed by atoms with Crippen molar-refractivity contribution in [2.75, 3.05) is 19.0 Å². The van der Waals surface area contributed by atoms with Crippen molar-refractivity contribution in [3.63, 3.8) is 0 Å². The number of hydrogen-bond donors (Lipinski definition) is 0. The lowest BCUT2D eigenvalue weighted by Crippen LogP contribution is -2.66. The molecule has 34 heavy (non-hydrogen) atoms. The molecule has 2 heterocycles. The molecule has 0 aliphatic carbocycles. The van der Waals surface area contributed by atoms with E-state index in [1.807, 2.05) is 32.3 Å². The van der Waals surface area contributed by atoms with Crippen LogP contribution in [0.2, 0.25) is 0 Å². The minimum Gasteiger partial charge on any atom is -0.367 e. The van der Waals surface area contributed by atoms with Crippen LogP contribution in [0.1, 0.15) is 38.8 Å². The Kier molecular flexibility index (Phi) is 5.23. The molecule has 0 radical (unpaired) electrons. The van der Waals surface area contributed by atoms with Gasteiger partial charge in [0.15, 0.2) is 5.71 Å². The lowest BCUT2D eigenvalue weighted by Gasteiger charge is -2.29. The van der Waals surface area contributed by atoms with Gasteiger partial charge in [0.2, 0.25) is 16.5 Å². The first-order valence-electron chi connectivity index (χ1n) is 11.3. The van der Waals surface area contributed by atoms with Crippen LogP contribution < -0.4 is 26.2 Å². The lowest BCUT2D eigenvalue weighted by molar-refractivity contribution is -0.400. The van der Waals surface area contributed by atoms with E-state index < -0.39 is 0 Å². The Bertz CT molecular complexity index is 1570. The van der Waals surface area contributed by atoms with Crippen molar-refractivity contribution < 1.29 is 4.58 Å². The molecule has 4 nitrogen and oxygen atoms in total. The Balaban J connectivity index is 1.60. The summed E-state index contributed by atoms with van der Waals surface area (Å²) in [4.78, 5) is 28.6. The third-order valence-electron chi connectivity index (χ3n) is 7.77. The quantitative estimate of drug-likeness (QED) is 0.431. The van der Waals surface area contributed by atoms with Crippen molar-refractivity contribution in [2.45, 2.75) is 44.6 Å². The number of fused-ring (bicyclic) bond motifs is 2.